The van der Waals surface area contributed by atoms with Crippen molar-refractivity contribution in [2.24, 2.45) is 5.73 Å². The third-order valence-corrected chi connectivity index (χ3v) is 3.07. The van der Waals surface area contributed by atoms with E-state index in [1.165, 1.54) is 22.9 Å². The van der Waals surface area contributed by atoms with Gasteiger partial charge >= 0.3 is 0 Å². The summed E-state index contributed by atoms with van der Waals surface area (Å²) in [5.74, 6) is 0. The van der Waals surface area contributed by atoms with Gasteiger partial charge in [0.25, 0.3) is 0 Å². The molecule has 80 valence electrons. The van der Waals surface area contributed by atoms with E-state index in [-0.39, 0.29) is 18.4 Å². The second kappa shape index (κ2) is 3.87. The average molecular weight is 224 g/mol. The molecule has 1 aromatic heterocycles. The topological polar surface area (TPSA) is 39.2 Å². The van der Waals surface area contributed by atoms with Crippen LogP contribution in [0.25, 0.3) is 11.0 Å². The van der Waals surface area contributed by atoms with Gasteiger partial charge in [0.1, 0.15) is 5.58 Å². The summed E-state index contributed by atoms with van der Waals surface area (Å²) in [5, 5.41) is 1.17. The second-order valence-electron chi connectivity index (χ2n) is 4.01. The molecule has 0 radical (unpaired) electrons. The van der Waals surface area contributed by atoms with Gasteiger partial charge < -0.3 is 10.2 Å². The van der Waals surface area contributed by atoms with E-state index in [1.54, 1.807) is 6.26 Å². The number of halogens is 1. The van der Waals surface area contributed by atoms with Crippen LogP contribution >= 0.6 is 12.4 Å². The number of aryl methyl sites for hydroxylation is 1. The molecule has 0 amide bonds. The summed E-state index contributed by atoms with van der Waals surface area (Å²) in [7, 11) is 0. The van der Waals surface area contributed by atoms with E-state index in [1.807, 2.05) is 6.07 Å². The van der Waals surface area contributed by atoms with Crippen molar-refractivity contribution in [2.45, 2.75) is 25.3 Å². The lowest BCUT2D eigenvalue weighted by atomic mass is 9.87. The molecule has 3 heteroatoms. The Morgan fingerprint density at radius 3 is 3.07 bits per heavy atom. The molecule has 2 aromatic rings. The molecule has 0 saturated heterocycles. The van der Waals surface area contributed by atoms with E-state index >= 15 is 0 Å². The van der Waals surface area contributed by atoms with Crippen molar-refractivity contribution in [1.82, 2.24) is 0 Å². The lowest BCUT2D eigenvalue weighted by molar-refractivity contribution is 0.568. The molecule has 0 aliphatic heterocycles. The Hall–Kier alpha value is -0.990. The van der Waals surface area contributed by atoms with Crippen LogP contribution in [-0.4, -0.2) is 0 Å². The molecule has 1 heterocycles. The zero-order chi connectivity index (χ0) is 9.54. The van der Waals surface area contributed by atoms with Crippen LogP contribution in [0.2, 0.25) is 0 Å². The molecular weight excluding hydrogens is 210 g/mol. The normalized spacial score (nSPS) is 19.7. The van der Waals surface area contributed by atoms with Crippen LogP contribution in [0.15, 0.2) is 28.9 Å². The minimum atomic E-state index is 0. The summed E-state index contributed by atoms with van der Waals surface area (Å²) >= 11 is 0. The third kappa shape index (κ3) is 1.64. The molecule has 0 fully saturated rings. The van der Waals surface area contributed by atoms with Gasteiger partial charge in [-0.25, -0.2) is 0 Å². The Balaban J connectivity index is 0.000000853. The SMILES string of the molecule is Cl.N[C@@H]1CCCc2cc3occc3cc21. The van der Waals surface area contributed by atoms with Crippen molar-refractivity contribution < 1.29 is 4.42 Å². The number of rotatable bonds is 0. The van der Waals surface area contributed by atoms with Gasteiger partial charge in [-0.05, 0) is 48.6 Å². The summed E-state index contributed by atoms with van der Waals surface area (Å²) in [6.45, 7) is 0. The summed E-state index contributed by atoms with van der Waals surface area (Å²) < 4.78 is 5.38. The Bertz CT molecular complexity index is 477. The molecule has 15 heavy (non-hydrogen) atoms. The highest BCUT2D eigenvalue weighted by molar-refractivity contribution is 5.85. The maximum atomic E-state index is 6.08. The van der Waals surface area contributed by atoms with Crippen molar-refractivity contribution in [3.05, 3.63) is 35.6 Å². The average Bonchev–Trinajstić information content (AvgIpc) is 2.62. The monoisotopic (exact) mass is 223 g/mol. The van der Waals surface area contributed by atoms with Gasteiger partial charge in [-0.1, -0.05) is 0 Å². The molecular formula is C12H14ClNO. The predicted octanol–water partition coefficient (Wildman–Crippen LogP) is 3.19. The Labute approximate surface area is 94.9 Å². The number of nitrogens with two attached hydrogens (primary N) is 1. The standard InChI is InChI=1S/C12H13NO.ClH/c13-11-3-1-2-8-7-12-9(4-5-14-12)6-10(8)11;/h4-7,11H,1-3,13H2;1H/t11-;/m1./s1. The van der Waals surface area contributed by atoms with Gasteiger partial charge in [0, 0.05) is 11.4 Å². The Morgan fingerprint density at radius 1 is 1.33 bits per heavy atom. The third-order valence-electron chi connectivity index (χ3n) is 3.07. The molecule has 2 nitrogen and oxygen atoms in total. The largest absolute Gasteiger partial charge is 0.464 e. The maximum Gasteiger partial charge on any atom is 0.134 e. The van der Waals surface area contributed by atoms with Gasteiger partial charge in [-0.3, -0.25) is 0 Å². The summed E-state index contributed by atoms with van der Waals surface area (Å²) in [4.78, 5) is 0. The minimum Gasteiger partial charge on any atom is -0.464 e. The highest BCUT2D eigenvalue weighted by Crippen LogP contribution is 2.31. The van der Waals surface area contributed by atoms with Crippen LogP contribution in [-0.2, 0) is 6.42 Å². The zero-order valence-corrected chi connectivity index (χ0v) is 9.22. The van der Waals surface area contributed by atoms with Crippen molar-refractivity contribution >= 4 is 23.4 Å². The van der Waals surface area contributed by atoms with Gasteiger partial charge in [-0.2, -0.15) is 0 Å². The quantitative estimate of drug-likeness (QED) is 0.745. The fourth-order valence-corrected chi connectivity index (χ4v) is 2.30. The summed E-state index contributed by atoms with van der Waals surface area (Å²) in [6.07, 6.45) is 5.18. The molecule has 1 atom stereocenters. The highest BCUT2D eigenvalue weighted by atomic mass is 35.5. The van der Waals surface area contributed by atoms with Gasteiger partial charge in [-0.15, -0.1) is 12.4 Å². The summed E-state index contributed by atoms with van der Waals surface area (Å²) in [6, 6.07) is 6.54. The first kappa shape index (κ1) is 10.5. The Morgan fingerprint density at radius 2 is 2.20 bits per heavy atom. The van der Waals surface area contributed by atoms with Gasteiger partial charge in [0.15, 0.2) is 0 Å². The van der Waals surface area contributed by atoms with Crippen LogP contribution in [0.4, 0.5) is 0 Å². The molecule has 0 unspecified atom stereocenters. The molecule has 0 saturated carbocycles. The van der Waals surface area contributed by atoms with Crippen LogP contribution in [0, 0.1) is 0 Å². The first-order chi connectivity index (χ1) is 6.84. The number of hydrogen-bond acceptors (Lipinski definition) is 2. The predicted molar refractivity (Wildman–Crippen MR) is 63.3 cm³/mol. The van der Waals surface area contributed by atoms with Crippen molar-refractivity contribution in [2.75, 3.05) is 0 Å². The van der Waals surface area contributed by atoms with Gasteiger partial charge in [0.2, 0.25) is 0 Å². The van der Waals surface area contributed by atoms with E-state index in [2.05, 4.69) is 12.1 Å². The molecule has 0 spiro atoms. The van der Waals surface area contributed by atoms with E-state index in [4.69, 9.17) is 10.2 Å². The van der Waals surface area contributed by atoms with Crippen molar-refractivity contribution in [1.29, 1.82) is 0 Å². The first-order valence-electron chi connectivity index (χ1n) is 5.10. The van der Waals surface area contributed by atoms with Crippen LogP contribution in [0.3, 0.4) is 0 Å². The van der Waals surface area contributed by atoms with E-state index < -0.39 is 0 Å². The molecule has 1 aromatic carbocycles. The molecule has 1 aliphatic carbocycles. The van der Waals surface area contributed by atoms with Crippen molar-refractivity contribution in [3.63, 3.8) is 0 Å². The van der Waals surface area contributed by atoms with Crippen LogP contribution in [0.5, 0.6) is 0 Å². The van der Waals surface area contributed by atoms with Gasteiger partial charge in [0.05, 0.1) is 6.26 Å². The summed E-state index contributed by atoms with van der Waals surface area (Å²) in [5.41, 5.74) is 9.74. The van der Waals surface area contributed by atoms with E-state index in [0.717, 1.165) is 18.4 Å². The minimum absolute atomic E-state index is 0. The highest BCUT2D eigenvalue weighted by Gasteiger charge is 2.17. The molecule has 0 bridgehead atoms. The smallest absolute Gasteiger partial charge is 0.134 e. The lowest BCUT2D eigenvalue weighted by Gasteiger charge is -2.21. The number of hydrogen-bond donors (Lipinski definition) is 1. The maximum absolute atomic E-state index is 6.08. The first-order valence-corrected chi connectivity index (χ1v) is 5.10. The lowest BCUT2D eigenvalue weighted by Crippen LogP contribution is -2.17. The number of benzene rings is 1. The van der Waals surface area contributed by atoms with Crippen molar-refractivity contribution in [3.8, 4) is 0 Å². The van der Waals surface area contributed by atoms with E-state index in [9.17, 15) is 0 Å². The Kier molecular flexibility index (Phi) is 2.72. The molecule has 1 aliphatic rings. The van der Waals surface area contributed by atoms with E-state index in [0.29, 0.717) is 0 Å². The number of fused-ring (bicyclic) bond motifs is 2. The molecule has 3 rings (SSSR count). The fourth-order valence-electron chi connectivity index (χ4n) is 2.30. The van der Waals surface area contributed by atoms with Crippen LogP contribution in [0.1, 0.15) is 30.0 Å². The fraction of sp³-hybridized carbons (Fsp3) is 0.333. The number of furan rings is 1. The second-order valence-corrected chi connectivity index (χ2v) is 4.01. The van der Waals surface area contributed by atoms with Crippen LogP contribution < -0.4 is 5.73 Å². The zero-order valence-electron chi connectivity index (χ0n) is 8.40. The molecule has 2 N–H and O–H groups in total.